The minimum absolute atomic E-state index is 0.175. The lowest BCUT2D eigenvalue weighted by Crippen LogP contribution is -2.09. The fourth-order valence-electron chi connectivity index (χ4n) is 2.56. The number of hydrogen-bond donors (Lipinski definition) is 0. The van der Waals surface area contributed by atoms with Gasteiger partial charge in [0.2, 0.25) is 0 Å². The number of aryl methyl sites for hydroxylation is 2. The van der Waals surface area contributed by atoms with Gasteiger partial charge in [0.1, 0.15) is 5.82 Å². The summed E-state index contributed by atoms with van der Waals surface area (Å²) in [5, 5.41) is 0. The molecule has 0 aromatic heterocycles. The first-order valence-corrected chi connectivity index (χ1v) is 7.71. The zero-order valence-electron chi connectivity index (χ0n) is 13.7. The molecule has 0 amide bonds. The molecule has 0 atom stereocenters. The molecule has 0 unspecified atom stereocenters. The standard InChI is InChI=1S/C21H20FN/c1-15-4-7-17(8-5-15)18-9-12-19(13-10-18)23(3)20-11-6-16(2)21(22)14-20/h4-14H,1-3H3. The Bertz CT molecular complexity index is 804. The van der Waals surface area contributed by atoms with E-state index in [1.54, 1.807) is 13.0 Å². The van der Waals surface area contributed by atoms with Crippen molar-refractivity contribution >= 4 is 11.4 Å². The van der Waals surface area contributed by atoms with Gasteiger partial charge in [0.15, 0.2) is 0 Å². The number of anilines is 2. The van der Waals surface area contributed by atoms with Crippen LogP contribution in [0.1, 0.15) is 11.1 Å². The Morgan fingerprint density at radius 3 is 1.78 bits per heavy atom. The molecular weight excluding hydrogens is 285 g/mol. The van der Waals surface area contributed by atoms with Gasteiger partial charge in [0, 0.05) is 18.4 Å². The summed E-state index contributed by atoms with van der Waals surface area (Å²) in [7, 11) is 1.95. The van der Waals surface area contributed by atoms with E-state index in [-0.39, 0.29) is 5.82 Å². The molecule has 0 heterocycles. The van der Waals surface area contributed by atoms with Gasteiger partial charge in [-0.1, -0.05) is 48.0 Å². The molecule has 0 aliphatic carbocycles. The summed E-state index contributed by atoms with van der Waals surface area (Å²) < 4.78 is 13.7. The van der Waals surface area contributed by atoms with E-state index in [0.29, 0.717) is 5.56 Å². The van der Waals surface area contributed by atoms with Crippen molar-refractivity contribution in [3.05, 3.63) is 83.7 Å². The second-order valence-corrected chi connectivity index (χ2v) is 5.91. The lowest BCUT2D eigenvalue weighted by Gasteiger charge is -2.20. The molecule has 3 rings (SSSR count). The highest BCUT2D eigenvalue weighted by atomic mass is 19.1. The molecule has 0 N–H and O–H groups in total. The molecule has 116 valence electrons. The van der Waals surface area contributed by atoms with Crippen LogP contribution in [0.15, 0.2) is 66.7 Å². The van der Waals surface area contributed by atoms with Crippen molar-refractivity contribution in [1.82, 2.24) is 0 Å². The average Bonchev–Trinajstić information content (AvgIpc) is 2.57. The maximum atomic E-state index is 13.7. The van der Waals surface area contributed by atoms with E-state index in [1.807, 2.05) is 24.1 Å². The summed E-state index contributed by atoms with van der Waals surface area (Å²) in [5.41, 5.74) is 6.17. The van der Waals surface area contributed by atoms with Crippen molar-refractivity contribution in [2.75, 3.05) is 11.9 Å². The van der Waals surface area contributed by atoms with Gasteiger partial charge in [0.25, 0.3) is 0 Å². The van der Waals surface area contributed by atoms with Gasteiger partial charge < -0.3 is 4.90 Å². The molecule has 0 aliphatic heterocycles. The van der Waals surface area contributed by atoms with Crippen LogP contribution >= 0.6 is 0 Å². The van der Waals surface area contributed by atoms with Gasteiger partial charge in [-0.25, -0.2) is 4.39 Å². The van der Waals surface area contributed by atoms with Crippen LogP contribution in [0.3, 0.4) is 0 Å². The Labute approximate surface area is 137 Å². The fourth-order valence-corrected chi connectivity index (χ4v) is 2.56. The molecule has 3 aromatic rings. The van der Waals surface area contributed by atoms with Gasteiger partial charge >= 0.3 is 0 Å². The SMILES string of the molecule is Cc1ccc(-c2ccc(N(C)c3ccc(C)c(F)c3)cc2)cc1. The predicted molar refractivity (Wildman–Crippen MR) is 95.8 cm³/mol. The number of halogens is 1. The Kier molecular flexibility index (Phi) is 4.16. The highest BCUT2D eigenvalue weighted by molar-refractivity contribution is 5.69. The average molecular weight is 305 g/mol. The van der Waals surface area contributed by atoms with Crippen molar-refractivity contribution in [3.63, 3.8) is 0 Å². The van der Waals surface area contributed by atoms with Gasteiger partial charge in [0.05, 0.1) is 0 Å². The minimum atomic E-state index is -0.175. The first-order chi connectivity index (χ1) is 11.0. The normalized spacial score (nSPS) is 10.6. The third-order valence-electron chi connectivity index (χ3n) is 4.18. The quantitative estimate of drug-likeness (QED) is 0.584. The van der Waals surface area contributed by atoms with Crippen molar-refractivity contribution in [2.45, 2.75) is 13.8 Å². The molecule has 3 aromatic carbocycles. The number of rotatable bonds is 3. The van der Waals surface area contributed by atoms with Crippen LogP contribution in [-0.4, -0.2) is 7.05 Å². The van der Waals surface area contributed by atoms with Crippen molar-refractivity contribution in [1.29, 1.82) is 0 Å². The van der Waals surface area contributed by atoms with E-state index in [0.717, 1.165) is 11.4 Å². The minimum Gasteiger partial charge on any atom is -0.345 e. The monoisotopic (exact) mass is 305 g/mol. The molecule has 0 spiro atoms. The number of hydrogen-bond acceptors (Lipinski definition) is 1. The topological polar surface area (TPSA) is 3.24 Å². The molecular formula is C21H20FN. The van der Waals surface area contributed by atoms with Crippen LogP contribution in [0, 0.1) is 19.7 Å². The van der Waals surface area contributed by atoms with Gasteiger partial charge in [-0.05, 0) is 54.8 Å². The first-order valence-electron chi connectivity index (χ1n) is 7.71. The molecule has 0 aliphatic rings. The predicted octanol–water partition coefficient (Wildman–Crippen LogP) is 5.88. The maximum Gasteiger partial charge on any atom is 0.128 e. The third kappa shape index (κ3) is 3.26. The highest BCUT2D eigenvalue weighted by Gasteiger charge is 2.07. The number of nitrogens with zero attached hydrogens (tertiary/aromatic N) is 1. The molecule has 1 nitrogen and oxygen atoms in total. The molecule has 0 radical (unpaired) electrons. The summed E-state index contributed by atoms with van der Waals surface area (Å²) in [5.74, 6) is -0.175. The van der Waals surface area contributed by atoms with Gasteiger partial charge in [-0.15, -0.1) is 0 Å². The Hall–Kier alpha value is -2.61. The van der Waals surface area contributed by atoms with Gasteiger partial charge in [-0.3, -0.25) is 0 Å². The second-order valence-electron chi connectivity index (χ2n) is 5.91. The van der Waals surface area contributed by atoms with Crippen molar-refractivity contribution in [2.24, 2.45) is 0 Å². The van der Waals surface area contributed by atoms with Crippen LogP contribution in [0.25, 0.3) is 11.1 Å². The van der Waals surface area contributed by atoms with Crippen molar-refractivity contribution in [3.8, 4) is 11.1 Å². The first kappa shape index (κ1) is 15.3. The summed E-state index contributed by atoms with van der Waals surface area (Å²) >= 11 is 0. The molecule has 0 bridgehead atoms. The van der Waals surface area contributed by atoms with Crippen LogP contribution in [0.4, 0.5) is 15.8 Å². The van der Waals surface area contributed by atoms with Gasteiger partial charge in [-0.2, -0.15) is 0 Å². The summed E-state index contributed by atoms with van der Waals surface area (Å²) in [4.78, 5) is 1.99. The van der Waals surface area contributed by atoms with Crippen LogP contribution in [-0.2, 0) is 0 Å². The van der Waals surface area contributed by atoms with E-state index < -0.39 is 0 Å². The van der Waals surface area contributed by atoms with E-state index in [4.69, 9.17) is 0 Å². The third-order valence-corrected chi connectivity index (χ3v) is 4.18. The Balaban J connectivity index is 1.86. The molecule has 0 saturated carbocycles. The van der Waals surface area contributed by atoms with E-state index in [2.05, 4.69) is 55.5 Å². The van der Waals surface area contributed by atoms with E-state index in [1.165, 1.54) is 16.7 Å². The smallest absolute Gasteiger partial charge is 0.128 e. The zero-order chi connectivity index (χ0) is 16.4. The highest BCUT2D eigenvalue weighted by Crippen LogP contribution is 2.28. The Morgan fingerprint density at radius 2 is 1.22 bits per heavy atom. The second kappa shape index (κ2) is 6.25. The summed E-state index contributed by atoms with van der Waals surface area (Å²) in [6.45, 7) is 3.86. The lowest BCUT2D eigenvalue weighted by molar-refractivity contribution is 0.618. The summed E-state index contributed by atoms with van der Waals surface area (Å²) in [6.07, 6.45) is 0. The summed E-state index contributed by atoms with van der Waals surface area (Å²) in [6, 6.07) is 22.1. The van der Waals surface area contributed by atoms with Crippen LogP contribution < -0.4 is 4.90 Å². The lowest BCUT2D eigenvalue weighted by atomic mass is 10.0. The molecule has 0 fully saturated rings. The Morgan fingerprint density at radius 1 is 0.696 bits per heavy atom. The zero-order valence-corrected chi connectivity index (χ0v) is 13.7. The number of benzene rings is 3. The van der Waals surface area contributed by atoms with E-state index >= 15 is 0 Å². The van der Waals surface area contributed by atoms with E-state index in [9.17, 15) is 4.39 Å². The molecule has 23 heavy (non-hydrogen) atoms. The largest absolute Gasteiger partial charge is 0.345 e. The molecule has 2 heteroatoms. The van der Waals surface area contributed by atoms with Crippen LogP contribution in [0.5, 0.6) is 0 Å². The fraction of sp³-hybridized carbons (Fsp3) is 0.143. The molecule has 0 saturated heterocycles. The maximum absolute atomic E-state index is 13.7. The van der Waals surface area contributed by atoms with Crippen LogP contribution in [0.2, 0.25) is 0 Å². The van der Waals surface area contributed by atoms with Crippen molar-refractivity contribution < 1.29 is 4.39 Å².